The number of nitro groups is 1. The summed E-state index contributed by atoms with van der Waals surface area (Å²) in [5, 5.41) is 17.0. The highest BCUT2D eigenvalue weighted by molar-refractivity contribution is 5.54. The molecule has 1 unspecified atom stereocenters. The Morgan fingerprint density at radius 3 is 2.84 bits per heavy atom. The Morgan fingerprint density at radius 1 is 1.47 bits per heavy atom. The van der Waals surface area contributed by atoms with Crippen LogP contribution in [0.2, 0.25) is 0 Å². The number of likely N-dealkylation sites (N-methyl/N-ethyl adjacent to an activating group) is 1. The molecule has 0 spiro atoms. The minimum atomic E-state index is -0.402. The Bertz CT molecular complexity index is 465. The maximum atomic E-state index is 10.9. The van der Waals surface area contributed by atoms with E-state index in [1.54, 1.807) is 7.05 Å². The monoisotopic (exact) mass is 265 g/mol. The molecule has 0 aliphatic carbocycles. The third-order valence-electron chi connectivity index (χ3n) is 3.25. The van der Waals surface area contributed by atoms with Gasteiger partial charge in [-0.15, -0.1) is 0 Å². The molecule has 2 N–H and O–H groups in total. The predicted octanol–water partition coefficient (Wildman–Crippen LogP) is 1.54. The standard InChI is InChI=1S/C12H19N5O2/c1-13-11-6-10(17(18)19)7-12(15-11)14-9-4-3-5-16(2)8-9/h6-7,9H,3-5,8H2,1-2H3,(H2,13,14,15). The van der Waals surface area contributed by atoms with Crippen LogP contribution in [-0.4, -0.2) is 48.0 Å². The molecule has 7 heteroatoms. The molecule has 2 rings (SSSR count). The quantitative estimate of drug-likeness (QED) is 0.634. The Kier molecular flexibility index (Phi) is 4.16. The van der Waals surface area contributed by atoms with E-state index in [-0.39, 0.29) is 11.7 Å². The van der Waals surface area contributed by atoms with Crippen molar-refractivity contribution in [2.24, 2.45) is 0 Å². The number of nitrogens with zero attached hydrogens (tertiary/aromatic N) is 3. The van der Waals surface area contributed by atoms with Crippen molar-refractivity contribution in [3.8, 4) is 0 Å². The molecule has 0 aromatic carbocycles. The van der Waals surface area contributed by atoms with Crippen molar-refractivity contribution in [1.29, 1.82) is 0 Å². The number of likely N-dealkylation sites (tertiary alicyclic amines) is 1. The van der Waals surface area contributed by atoms with Gasteiger partial charge in [0.1, 0.15) is 11.6 Å². The zero-order valence-corrected chi connectivity index (χ0v) is 11.2. The summed E-state index contributed by atoms with van der Waals surface area (Å²) in [6.45, 7) is 2.03. The molecule has 0 bridgehead atoms. The number of aromatic nitrogens is 1. The van der Waals surface area contributed by atoms with Crippen molar-refractivity contribution in [2.45, 2.75) is 18.9 Å². The lowest BCUT2D eigenvalue weighted by molar-refractivity contribution is -0.384. The van der Waals surface area contributed by atoms with Crippen LogP contribution < -0.4 is 10.6 Å². The van der Waals surface area contributed by atoms with E-state index in [1.165, 1.54) is 12.1 Å². The van der Waals surface area contributed by atoms with Crippen LogP contribution in [0.4, 0.5) is 17.3 Å². The zero-order valence-electron chi connectivity index (χ0n) is 11.2. The Morgan fingerprint density at radius 2 is 2.21 bits per heavy atom. The van der Waals surface area contributed by atoms with Gasteiger partial charge < -0.3 is 15.5 Å². The number of hydrogen-bond donors (Lipinski definition) is 2. The average molecular weight is 265 g/mol. The molecule has 0 amide bonds. The van der Waals surface area contributed by atoms with E-state index in [1.807, 2.05) is 0 Å². The SMILES string of the molecule is CNc1cc([N+](=O)[O-])cc(NC2CCCN(C)C2)n1. The van der Waals surface area contributed by atoms with Gasteiger partial charge in [-0.25, -0.2) is 4.98 Å². The smallest absolute Gasteiger partial charge is 0.276 e. The molecule has 7 nitrogen and oxygen atoms in total. The van der Waals surface area contributed by atoms with Crippen LogP contribution in [0.1, 0.15) is 12.8 Å². The lowest BCUT2D eigenvalue weighted by atomic mass is 10.1. The summed E-state index contributed by atoms with van der Waals surface area (Å²) in [4.78, 5) is 17.0. The molecule has 104 valence electrons. The minimum absolute atomic E-state index is 0.0472. The lowest BCUT2D eigenvalue weighted by Gasteiger charge is -2.30. The summed E-state index contributed by atoms with van der Waals surface area (Å²) in [6, 6.07) is 3.20. The lowest BCUT2D eigenvalue weighted by Crippen LogP contribution is -2.39. The molecule has 2 heterocycles. The molecule has 1 aromatic heterocycles. The largest absolute Gasteiger partial charge is 0.373 e. The second-order valence-electron chi connectivity index (χ2n) is 4.85. The first-order valence-corrected chi connectivity index (χ1v) is 6.38. The number of piperidine rings is 1. The molecular weight excluding hydrogens is 246 g/mol. The van der Waals surface area contributed by atoms with Gasteiger partial charge in [-0.05, 0) is 26.4 Å². The van der Waals surface area contributed by atoms with Gasteiger partial charge in [0.25, 0.3) is 5.69 Å². The van der Waals surface area contributed by atoms with Crippen molar-refractivity contribution in [2.75, 3.05) is 37.8 Å². The first kappa shape index (κ1) is 13.5. The van der Waals surface area contributed by atoms with Gasteiger partial charge in [0.05, 0.1) is 17.1 Å². The maximum absolute atomic E-state index is 10.9. The molecule has 1 aromatic rings. The van der Waals surface area contributed by atoms with Crippen molar-refractivity contribution in [3.05, 3.63) is 22.2 Å². The van der Waals surface area contributed by atoms with E-state index < -0.39 is 4.92 Å². The highest BCUT2D eigenvalue weighted by Gasteiger charge is 2.18. The second-order valence-corrected chi connectivity index (χ2v) is 4.85. The Balaban J connectivity index is 2.14. The minimum Gasteiger partial charge on any atom is -0.373 e. The van der Waals surface area contributed by atoms with Crippen LogP contribution in [0.5, 0.6) is 0 Å². The third-order valence-corrected chi connectivity index (χ3v) is 3.25. The highest BCUT2D eigenvalue weighted by atomic mass is 16.6. The van der Waals surface area contributed by atoms with E-state index in [4.69, 9.17) is 0 Å². The number of hydrogen-bond acceptors (Lipinski definition) is 6. The average Bonchev–Trinajstić information content (AvgIpc) is 2.38. The molecule has 0 saturated carbocycles. The molecular formula is C12H19N5O2. The number of rotatable bonds is 4. The maximum Gasteiger partial charge on any atom is 0.276 e. The molecule has 1 atom stereocenters. The van der Waals surface area contributed by atoms with E-state index in [0.717, 1.165) is 25.9 Å². The van der Waals surface area contributed by atoms with Crippen molar-refractivity contribution >= 4 is 17.3 Å². The molecule has 0 radical (unpaired) electrons. The summed E-state index contributed by atoms with van der Waals surface area (Å²) >= 11 is 0. The van der Waals surface area contributed by atoms with Gasteiger partial charge in [0, 0.05) is 19.6 Å². The van der Waals surface area contributed by atoms with Gasteiger partial charge >= 0.3 is 0 Å². The fourth-order valence-electron chi connectivity index (χ4n) is 2.32. The summed E-state index contributed by atoms with van der Waals surface area (Å²) in [7, 11) is 3.78. The number of nitrogens with one attached hydrogen (secondary N) is 2. The topological polar surface area (TPSA) is 83.3 Å². The highest BCUT2D eigenvalue weighted by Crippen LogP contribution is 2.22. The fraction of sp³-hybridized carbons (Fsp3) is 0.583. The van der Waals surface area contributed by atoms with Gasteiger partial charge in [-0.1, -0.05) is 0 Å². The predicted molar refractivity (Wildman–Crippen MR) is 74.6 cm³/mol. The fourth-order valence-corrected chi connectivity index (χ4v) is 2.32. The first-order chi connectivity index (χ1) is 9.08. The van der Waals surface area contributed by atoms with E-state index in [2.05, 4.69) is 27.6 Å². The normalized spacial score (nSPS) is 20.0. The van der Waals surface area contributed by atoms with Crippen LogP contribution >= 0.6 is 0 Å². The van der Waals surface area contributed by atoms with E-state index in [0.29, 0.717) is 11.6 Å². The first-order valence-electron chi connectivity index (χ1n) is 6.38. The molecule has 1 fully saturated rings. The molecule has 19 heavy (non-hydrogen) atoms. The zero-order chi connectivity index (χ0) is 13.8. The van der Waals surface area contributed by atoms with Crippen LogP contribution in [-0.2, 0) is 0 Å². The van der Waals surface area contributed by atoms with Gasteiger partial charge in [0.2, 0.25) is 0 Å². The molecule has 1 saturated heterocycles. The number of anilines is 2. The van der Waals surface area contributed by atoms with Gasteiger partial charge in [-0.2, -0.15) is 0 Å². The summed E-state index contributed by atoms with van der Waals surface area (Å²) in [6.07, 6.45) is 2.19. The second kappa shape index (κ2) is 5.83. The number of pyridine rings is 1. The third kappa shape index (κ3) is 3.54. The van der Waals surface area contributed by atoms with Crippen LogP contribution in [0.25, 0.3) is 0 Å². The van der Waals surface area contributed by atoms with Crippen LogP contribution in [0.15, 0.2) is 12.1 Å². The molecule has 1 aliphatic rings. The van der Waals surface area contributed by atoms with Gasteiger partial charge in [0.15, 0.2) is 0 Å². The summed E-state index contributed by atoms with van der Waals surface area (Å²) in [5.74, 6) is 1.06. The van der Waals surface area contributed by atoms with E-state index >= 15 is 0 Å². The van der Waals surface area contributed by atoms with Crippen molar-refractivity contribution in [3.63, 3.8) is 0 Å². The van der Waals surface area contributed by atoms with Crippen LogP contribution in [0.3, 0.4) is 0 Å². The van der Waals surface area contributed by atoms with Gasteiger partial charge in [-0.3, -0.25) is 10.1 Å². The van der Waals surface area contributed by atoms with Crippen molar-refractivity contribution in [1.82, 2.24) is 9.88 Å². The van der Waals surface area contributed by atoms with E-state index in [9.17, 15) is 10.1 Å². The Hall–Kier alpha value is -1.89. The van der Waals surface area contributed by atoms with Crippen molar-refractivity contribution < 1.29 is 4.92 Å². The van der Waals surface area contributed by atoms with Crippen LogP contribution in [0, 0.1) is 10.1 Å². The molecule has 1 aliphatic heterocycles. The summed E-state index contributed by atoms with van der Waals surface area (Å²) in [5.41, 5.74) is 0.0472. The Labute approximate surface area is 112 Å². The summed E-state index contributed by atoms with van der Waals surface area (Å²) < 4.78 is 0.